The fourth-order valence-corrected chi connectivity index (χ4v) is 1.17. The Morgan fingerprint density at radius 3 is 1.62 bits per heavy atom. The first-order valence-corrected chi connectivity index (χ1v) is 5.16. The van der Waals surface area contributed by atoms with E-state index >= 15 is 0 Å². The second-order valence-corrected chi connectivity index (χ2v) is 3.51. The van der Waals surface area contributed by atoms with E-state index in [2.05, 4.69) is 18.5 Å². The van der Waals surface area contributed by atoms with E-state index < -0.39 is 7.82 Å². The lowest BCUT2D eigenvalue weighted by Crippen LogP contribution is -2.04. The van der Waals surface area contributed by atoms with E-state index in [1.54, 1.807) is 0 Å². The van der Waals surface area contributed by atoms with E-state index in [0.29, 0.717) is 0 Å². The van der Waals surface area contributed by atoms with E-state index in [9.17, 15) is 9.46 Å². The zero-order valence-corrected chi connectivity index (χ0v) is 8.62. The Morgan fingerprint density at radius 1 is 0.923 bits per heavy atom. The predicted molar refractivity (Wildman–Crippen MR) is 43.9 cm³/mol. The average Bonchev–Trinajstić information content (AvgIpc) is 2.05. The van der Waals surface area contributed by atoms with Crippen LogP contribution in [0.3, 0.4) is 0 Å². The summed E-state index contributed by atoms with van der Waals surface area (Å²) in [5.74, 6) is 0. The van der Waals surface area contributed by atoms with Gasteiger partial charge in [-0.15, -0.1) is 4.89 Å². The Labute approximate surface area is 77.4 Å². The SMILES string of the molecule is COCCOP([O])(=O)OCCOC. The molecule has 0 saturated heterocycles. The Hall–Kier alpha value is 0.0300. The van der Waals surface area contributed by atoms with Crippen LogP contribution in [-0.4, -0.2) is 40.6 Å². The maximum Gasteiger partial charge on any atom is 0.502 e. The molecule has 0 saturated carbocycles. The van der Waals surface area contributed by atoms with Gasteiger partial charge in [0.25, 0.3) is 0 Å². The lowest BCUT2D eigenvalue weighted by molar-refractivity contribution is 0.0730. The molecule has 6 nitrogen and oxygen atoms in total. The lowest BCUT2D eigenvalue weighted by Gasteiger charge is -2.09. The fraction of sp³-hybridized carbons (Fsp3) is 1.00. The highest BCUT2D eigenvalue weighted by Crippen LogP contribution is 2.43. The molecule has 1 radical (unpaired) electrons. The van der Waals surface area contributed by atoms with Crippen LogP contribution in [0, 0.1) is 0 Å². The third-order valence-electron chi connectivity index (χ3n) is 1.07. The van der Waals surface area contributed by atoms with Gasteiger partial charge in [0.2, 0.25) is 0 Å². The van der Waals surface area contributed by atoms with Crippen molar-refractivity contribution in [3.05, 3.63) is 0 Å². The minimum Gasteiger partial charge on any atom is -0.382 e. The zero-order chi connectivity index (χ0) is 10.2. The van der Waals surface area contributed by atoms with Gasteiger partial charge >= 0.3 is 7.82 Å². The highest BCUT2D eigenvalue weighted by Gasteiger charge is 2.22. The normalized spacial score (nSPS) is 11.9. The lowest BCUT2D eigenvalue weighted by atomic mass is 10.8. The van der Waals surface area contributed by atoms with Crippen molar-refractivity contribution in [3.8, 4) is 0 Å². The van der Waals surface area contributed by atoms with Crippen molar-refractivity contribution in [2.75, 3.05) is 40.6 Å². The maximum absolute atomic E-state index is 10.9. The molecule has 0 fully saturated rings. The van der Waals surface area contributed by atoms with E-state index in [1.165, 1.54) is 14.2 Å². The van der Waals surface area contributed by atoms with Gasteiger partial charge in [0, 0.05) is 14.2 Å². The van der Waals surface area contributed by atoms with Crippen LogP contribution in [0.4, 0.5) is 0 Å². The maximum atomic E-state index is 10.9. The Morgan fingerprint density at radius 2 is 1.31 bits per heavy atom. The molecule has 0 N–H and O–H groups in total. The number of ether oxygens (including phenoxy) is 2. The summed E-state index contributed by atoms with van der Waals surface area (Å²) in [7, 11) is -1.26. The van der Waals surface area contributed by atoms with E-state index in [4.69, 9.17) is 0 Å². The molecule has 13 heavy (non-hydrogen) atoms. The smallest absolute Gasteiger partial charge is 0.382 e. The van der Waals surface area contributed by atoms with Gasteiger partial charge in [-0.2, -0.15) is 0 Å². The second-order valence-electron chi connectivity index (χ2n) is 2.10. The van der Waals surface area contributed by atoms with Crippen LogP contribution in [0.1, 0.15) is 0 Å². The van der Waals surface area contributed by atoms with Gasteiger partial charge in [-0.3, -0.25) is 9.05 Å². The van der Waals surface area contributed by atoms with E-state index in [-0.39, 0.29) is 26.4 Å². The third-order valence-corrected chi connectivity index (χ3v) is 2.07. The first-order chi connectivity index (χ1) is 6.12. The van der Waals surface area contributed by atoms with Crippen molar-refractivity contribution in [1.82, 2.24) is 0 Å². The predicted octanol–water partition coefficient (Wildman–Crippen LogP) is 0.851. The van der Waals surface area contributed by atoms with Crippen LogP contribution >= 0.6 is 7.82 Å². The molecule has 0 aliphatic carbocycles. The number of methoxy groups -OCH3 is 2. The molecule has 0 spiro atoms. The minimum atomic E-state index is -4.16. The first-order valence-electron chi connectivity index (χ1n) is 3.70. The highest BCUT2D eigenvalue weighted by atomic mass is 31.2. The van der Waals surface area contributed by atoms with Crippen molar-refractivity contribution >= 4 is 7.82 Å². The van der Waals surface area contributed by atoms with Crippen molar-refractivity contribution in [2.24, 2.45) is 0 Å². The number of hydrogen-bond acceptors (Lipinski definition) is 5. The summed E-state index contributed by atoms with van der Waals surface area (Å²) >= 11 is 0. The summed E-state index contributed by atoms with van der Waals surface area (Å²) in [6, 6.07) is 0. The topological polar surface area (TPSA) is 73.9 Å². The molecule has 7 heteroatoms. The van der Waals surface area contributed by atoms with Crippen LogP contribution in [0.15, 0.2) is 0 Å². The van der Waals surface area contributed by atoms with Gasteiger partial charge in [-0.1, -0.05) is 0 Å². The number of hydrogen-bond donors (Lipinski definition) is 0. The summed E-state index contributed by atoms with van der Waals surface area (Å²) in [5.41, 5.74) is 0. The summed E-state index contributed by atoms with van der Waals surface area (Å²) < 4.78 is 28.9. The molecule has 79 valence electrons. The number of rotatable bonds is 8. The van der Waals surface area contributed by atoms with Crippen LogP contribution in [0.25, 0.3) is 0 Å². The van der Waals surface area contributed by atoms with Crippen LogP contribution in [0.2, 0.25) is 0 Å². The summed E-state index contributed by atoms with van der Waals surface area (Å²) in [6.07, 6.45) is 0. The van der Waals surface area contributed by atoms with Gasteiger partial charge in [-0.25, -0.2) is 4.57 Å². The van der Waals surface area contributed by atoms with Gasteiger partial charge in [0.1, 0.15) is 0 Å². The first kappa shape index (κ1) is 13.0. The molecular weight excluding hydrogens is 199 g/mol. The molecule has 0 atom stereocenters. The molecule has 0 aromatic heterocycles. The molecule has 0 aromatic rings. The third kappa shape index (κ3) is 8.36. The van der Waals surface area contributed by atoms with Gasteiger partial charge in [0.15, 0.2) is 0 Å². The van der Waals surface area contributed by atoms with Crippen LogP contribution < -0.4 is 0 Å². The highest BCUT2D eigenvalue weighted by molar-refractivity contribution is 7.47. The summed E-state index contributed by atoms with van der Waals surface area (Å²) in [4.78, 5) is 10.9. The molecule has 0 amide bonds. The second kappa shape index (κ2) is 7.44. The zero-order valence-electron chi connectivity index (χ0n) is 7.73. The van der Waals surface area contributed by atoms with Crippen molar-refractivity contribution in [1.29, 1.82) is 0 Å². The molecule has 0 aliphatic heterocycles. The standard InChI is InChI=1S/C6H14O6P/c1-9-3-5-11-13(7,8)12-6-4-10-2/h3-6H2,1-2H3. The van der Waals surface area contributed by atoms with Crippen molar-refractivity contribution in [3.63, 3.8) is 0 Å². The average molecular weight is 213 g/mol. The Bertz CT molecular complexity index is 147. The molecular formula is C6H14O6P. The van der Waals surface area contributed by atoms with Crippen LogP contribution in [-0.2, 0) is 28.0 Å². The molecule has 0 heterocycles. The molecule has 0 unspecified atom stereocenters. The Kier molecular flexibility index (Phi) is 7.45. The molecule has 0 rings (SSSR count). The molecule has 0 aliphatic rings. The van der Waals surface area contributed by atoms with E-state index in [1.807, 2.05) is 0 Å². The van der Waals surface area contributed by atoms with Crippen molar-refractivity contribution < 1.29 is 28.0 Å². The van der Waals surface area contributed by atoms with Crippen molar-refractivity contribution in [2.45, 2.75) is 0 Å². The minimum absolute atomic E-state index is 0.0374. The van der Waals surface area contributed by atoms with Gasteiger partial charge < -0.3 is 9.47 Å². The van der Waals surface area contributed by atoms with E-state index in [0.717, 1.165) is 0 Å². The summed E-state index contributed by atoms with van der Waals surface area (Å²) in [5, 5.41) is 0. The monoisotopic (exact) mass is 213 g/mol. The molecule has 0 aromatic carbocycles. The fourth-order valence-electron chi connectivity index (χ4n) is 0.502. The van der Waals surface area contributed by atoms with Gasteiger partial charge in [0.05, 0.1) is 26.4 Å². The largest absolute Gasteiger partial charge is 0.502 e. The molecule has 0 bridgehead atoms. The van der Waals surface area contributed by atoms with Gasteiger partial charge in [-0.05, 0) is 0 Å². The quantitative estimate of drug-likeness (QED) is 0.441. The van der Waals surface area contributed by atoms with Crippen LogP contribution in [0.5, 0.6) is 0 Å². The summed E-state index contributed by atoms with van der Waals surface area (Å²) in [6.45, 7) is 0.342. The Balaban J connectivity index is 3.49.